The van der Waals surface area contributed by atoms with E-state index in [4.69, 9.17) is 4.74 Å². The molecule has 4 aliphatic heterocycles. The number of carboxylic acid groups (broad SMARTS) is 1. The van der Waals surface area contributed by atoms with Crippen LogP contribution >= 0.6 is 0 Å². The van der Waals surface area contributed by atoms with E-state index in [1.165, 1.54) is 51.6 Å². The summed E-state index contributed by atoms with van der Waals surface area (Å²) in [6, 6.07) is 1.15. The van der Waals surface area contributed by atoms with Crippen LogP contribution in [0.1, 0.15) is 72.1 Å². The number of ether oxygens (including phenoxy) is 1. The maximum Gasteiger partial charge on any atom is 0.335 e. The smallest absolute Gasteiger partial charge is 0.335 e. The van der Waals surface area contributed by atoms with Gasteiger partial charge < -0.3 is 20.1 Å². The fourth-order valence-corrected chi connectivity index (χ4v) is 7.68. The van der Waals surface area contributed by atoms with Crippen LogP contribution in [0.5, 0.6) is 0 Å². The van der Waals surface area contributed by atoms with Gasteiger partial charge in [0, 0.05) is 51.4 Å². The zero-order chi connectivity index (χ0) is 26.0. The Balaban J connectivity index is 1.22. The van der Waals surface area contributed by atoms with E-state index in [1.54, 1.807) is 13.8 Å². The highest BCUT2D eigenvalue weighted by Gasteiger charge is 2.49. The molecular formula is C28H52N6O3. The van der Waals surface area contributed by atoms with Gasteiger partial charge in [-0.1, -0.05) is 13.3 Å². The lowest BCUT2D eigenvalue weighted by Crippen LogP contribution is -2.67. The summed E-state index contributed by atoms with van der Waals surface area (Å²) in [5.41, 5.74) is 2.63. The number of hydrazine groups is 2. The lowest BCUT2D eigenvalue weighted by Gasteiger charge is -2.53. The third-order valence-corrected chi connectivity index (χ3v) is 9.74. The molecule has 5 rings (SSSR count). The maximum absolute atomic E-state index is 12.0. The number of piperidine rings is 2. The summed E-state index contributed by atoms with van der Waals surface area (Å²) in [6.07, 6.45) is 9.93. The Labute approximate surface area is 224 Å². The predicted molar refractivity (Wildman–Crippen MR) is 145 cm³/mol. The molecule has 9 nitrogen and oxygen atoms in total. The van der Waals surface area contributed by atoms with Crippen molar-refractivity contribution in [3.05, 3.63) is 0 Å². The molecule has 0 spiro atoms. The second kappa shape index (κ2) is 12.1. The van der Waals surface area contributed by atoms with Crippen LogP contribution < -0.4 is 10.7 Å². The third-order valence-electron chi connectivity index (χ3n) is 9.74. The second-order valence-corrected chi connectivity index (χ2v) is 12.9. The van der Waals surface area contributed by atoms with Crippen molar-refractivity contribution in [3.8, 4) is 0 Å². The molecule has 212 valence electrons. The van der Waals surface area contributed by atoms with Gasteiger partial charge in [-0.05, 0) is 90.3 Å². The monoisotopic (exact) mass is 520 g/mol. The van der Waals surface area contributed by atoms with Crippen molar-refractivity contribution >= 4 is 5.97 Å². The molecule has 3 N–H and O–H groups in total. The quantitative estimate of drug-likeness (QED) is 0.467. The summed E-state index contributed by atoms with van der Waals surface area (Å²) in [6.45, 7) is 15.7. The number of fused-ring (bicyclic) bond motifs is 1. The Kier molecular flexibility index (Phi) is 9.11. The van der Waals surface area contributed by atoms with Gasteiger partial charge in [0.25, 0.3) is 0 Å². The van der Waals surface area contributed by atoms with Crippen LogP contribution in [0.15, 0.2) is 0 Å². The van der Waals surface area contributed by atoms with Gasteiger partial charge in [0.05, 0.1) is 12.1 Å². The molecule has 4 heterocycles. The molecule has 37 heavy (non-hydrogen) atoms. The molecule has 0 bridgehead atoms. The molecule has 0 amide bonds. The average molecular weight is 521 g/mol. The minimum absolute atomic E-state index is 0.0703. The molecule has 4 saturated heterocycles. The molecule has 6 unspecified atom stereocenters. The SMILES string of the molecule is CC1CC2CCCNC2C(N2CCCN(CC3CCN(N4CCCCC4)N3)CC2)C1OC(C)(C)C(=O)O. The Morgan fingerprint density at radius 3 is 2.57 bits per heavy atom. The van der Waals surface area contributed by atoms with Crippen molar-refractivity contribution in [2.45, 2.75) is 102 Å². The van der Waals surface area contributed by atoms with Crippen molar-refractivity contribution in [2.75, 3.05) is 58.9 Å². The number of aliphatic carboxylic acids is 1. The molecule has 0 aromatic heterocycles. The average Bonchev–Trinajstić information content (AvgIpc) is 3.23. The molecule has 0 radical (unpaired) electrons. The normalized spacial score (nSPS) is 37.8. The molecular weight excluding hydrogens is 468 g/mol. The van der Waals surface area contributed by atoms with Crippen molar-refractivity contribution in [1.82, 2.24) is 30.7 Å². The van der Waals surface area contributed by atoms with Crippen LogP contribution in [-0.4, -0.2) is 120 Å². The molecule has 5 fully saturated rings. The molecule has 0 aromatic rings. The summed E-state index contributed by atoms with van der Waals surface area (Å²) < 4.78 is 6.50. The van der Waals surface area contributed by atoms with Gasteiger partial charge in [-0.2, -0.15) is 5.12 Å². The number of rotatable bonds is 7. The van der Waals surface area contributed by atoms with Gasteiger partial charge in [0.1, 0.15) is 0 Å². The van der Waals surface area contributed by atoms with E-state index in [9.17, 15) is 9.90 Å². The molecule has 6 atom stereocenters. The van der Waals surface area contributed by atoms with Gasteiger partial charge in [0.2, 0.25) is 0 Å². The van der Waals surface area contributed by atoms with E-state index in [2.05, 4.69) is 37.6 Å². The van der Waals surface area contributed by atoms with Crippen molar-refractivity contribution in [2.24, 2.45) is 11.8 Å². The van der Waals surface area contributed by atoms with Crippen molar-refractivity contribution in [1.29, 1.82) is 0 Å². The first kappa shape index (κ1) is 27.7. The highest BCUT2D eigenvalue weighted by molar-refractivity contribution is 5.76. The number of hydrogen-bond donors (Lipinski definition) is 3. The van der Waals surface area contributed by atoms with Crippen LogP contribution in [0.2, 0.25) is 0 Å². The van der Waals surface area contributed by atoms with Crippen LogP contribution in [0.4, 0.5) is 0 Å². The molecule has 1 aliphatic carbocycles. The Morgan fingerprint density at radius 1 is 0.973 bits per heavy atom. The van der Waals surface area contributed by atoms with E-state index in [1.807, 2.05) is 0 Å². The zero-order valence-electron chi connectivity index (χ0n) is 23.5. The summed E-state index contributed by atoms with van der Waals surface area (Å²) in [5.74, 6) is 0.138. The Hall–Kier alpha value is -0.810. The Bertz CT molecular complexity index is 762. The highest BCUT2D eigenvalue weighted by atomic mass is 16.5. The molecule has 9 heteroatoms. The predicted octanol–water partition coefficient (Wildman–Crippen LogP) is 2.00. The minimum atomic E-state index is -1.18. The van der Waals surface area contributed by atoms with Gasteiger partial charge in [0.15, 0.2) is 5.60 Å². The largest absolute Gasteiger partial charge is 0.479 e. The number of carbonyl (C=O) groups is 1. The van der Waals surface area contributed by atoms with E-state index >= 15 is 0 Å². The van der Waals surface area contributed by atoms with Crippen LogP contribution in [0.3, 0.4) is 0 Å². The number of carboxylic acids is 1. The van der Waals surface area contributed by atoms with Gasteiger partial charge in [-0.25, -0.2) is 15.2 Å². The lowest BCUT2D eigenvalue weighted by atomic mass is 9.70. The molecule has 0 aromatic carbocycles. The maximum atomic E-state index is 12.0. The summed E-state index contributed by atoms with van der Waals surface area (Å²) in [4.78, 5) is 17.3. The summed E-state index contributed by atoms with van der Waals surface area (Å²) in [5, 5.41) is 18.6. The van der Waals surface area contributed by atoms with Gasteiger partial charge in [-0.15, -0.1) is 0 Å². The second-order valence-electron chi connectivity index (χ2n) is 12.9. The molecule has 1 saturated carbocycles. The molecule has 5 aliphatic rings. The third kappa shape index (κ3) is 6.51. The van der Waals surface area contributed by atoms with Crippen molar-refractivity contribution < 1.29 is 14.6 Å². The van der Waals surface area contributed by atoms with Crippen LogP contribution in [-0.2, 0) is 9.53 Å². The summed E-state index contributed by atoms with van der Waals surface area (Å²) in [7, 11) is 0. The lowest BCUT2D eigenvalue weighted by molar-refractivity contribution is -0.187. The minimum Gasteiger partial charge on any atom is -0.479 e. The fourth-order valence-electron chi connectivity index (χ4n) is 7.68. The topological polar surface area (TPSA) is 83.5 Å². The standard InChI is InChI=1S/C28H52N6O3/c1-21-19-22-9-7-11-29-24(22)25(26(21)37-28(2,3)27(35)36)32-13-8-12-31(17-18-32)20-23-10-16-34(30-23)33-14-5-4-6-15-33/h21-26,29-30H,4-20H2,1-3H3,(H,35,36). The first-order chi connectivity index (χ1) is 17.8. The van der Waals surface area contributed by atoms with E-state index in [0.717, 1.165) is 58.7 Å². The van der Waals surface area contributed by atoms with Crippen molar-refractivity contribution in [3.63, 3.8) is 0 Å². The number of nitrogens with zero attached hydrogens (tertiary/aromatic N) is 4. The summed E-state index contributed by atoms with van der Waals surface area (Å²) >= 11 is 0. The first-order valence-corrected chi connectivity index (χ1v) is 15.2. The van der Waals surface area contributed by atoms with Crippen LogP contribution in [0, 0.1) is 11.8 Å². The number of nitrogens with one attached hydrogen (secondary N) is 2. The van der Waals surface area contributed by atoms with E-state index < -0.39 is 11.6 Å². The van der Waals surface area contributed by atoms with Gasteiger partial charge in [-0.3, -0.25) is 4.90 Å². The Morgan fingerprint density at radius 2 is 1.78 bits per heavy atom. The fraction of sp³-hybridized carbons (Fsp3) is 0.964. The van der Waals surface area contributed by atoms with Crippen LogP contribution in [0.25, 0.3) is 0 Å². The zero-order valence-corrected chi connectivity index (χ0v) is 23.5. The van der Waals surface area contributed by atoms with Gasteiger partial charge >= 0.3 is 5.97 Å². The van der Waals surface area contributed by atoms with E-state index in [0.29, 0.717) is 23.9 Å². The number of hydrogen-bond acceptors (Lipinski definition) is 8. The van der Waals surface area contributed by atoms with E-state index in [-0.39, 0.29) is 12.1 Å². The highest BCUT2D eigenvalue weighted by Crippen LogP contribution is 2.40. The first-order valence-electron chi connectivity index (χ1n) is 15.2.